The largest absolute Gasteiger partial charge is 0.482 e. The Morgan fingerprint density at radius 3 is 2.60 bits per heavy atom. The number of ether oxygens (including phenoxy) is 1. The molecule has 2 aromatic rings. The van der Waals surface area contributed by atoms with Gasteiger partial charge in [0.1, 0.15) is 0 Å². The van der Waals surface area contributed by atoms with E-state index < -0.39 is 11.6 Å². The van der Waals surface area contributed by atoms with Crippen molar-refractivity contribution in [3.63, 3.8) is 0 Å². The van der Waals surface area contributed by atoms with Gasteiger partial charge in [0.05, 0.1) is 10.0 Å². The van der Waals surface area contributed by atoms with Crippen molar-refractivity contribution >= 4 is 40.6 Å². The van der Waals surface area contributed by atoms with Crippen molar-refractivity contribution in [2.45, 2.75) is 0 Å². The molecular formula is C14H8Cl3FO2. The Morgan fingerprint density at radius 1 is 1.10 bits per heavy atom. The Bertz CT molecular complexity index is 659. The Labute approximate surface area is 130 Å². The maximum Gasteiger partial charge on any atom is 0.201 e. The van der Waals surface area contributed by atoms with Crippen molar-refractivity contribution in [2.75, 3.05) is 6.61 Å². The van der Waals surface area contributed by atoms with Crippen LogP contribution in [-0.4, -0.2) is 12.4 Å². The molecular weight excluding hydrogens is 326 g/mol. The van der Waals surface area contributed by atoms with Crippen molar-refractivity contribution in [2.24, 2.45) is 0 Å². The van der Waals surface area contributed by atoms with E-state index in [1.54, 1.807) is 6.07 Å². The molecule has 6 heteroatoms. The summed E-state index contributed by atoms with van der Waals surface area (Å²) in [5, 5.41) is 0.567. The van der Waals surface area contributed by atoms with Crippen LogP contribution in [0.2, 0.25) is 15.1 Å². The average molecular weight is 334 g/mol. The number of benzene rings is 2. The number of rotatable bonds is 4. The summed E-state index contributed by atoms with van der Waals surface area (Å²) in [6.45, 7) is -0.364. The Morgan fingerprint density at radius 2 is 1.85 bits per heavy atom. The second-order valence-electron chi connectivity index (χ2n) is 3.89. The molecule has 0 bridgehead atoms. The standard InChI is InChI=1S/C14H8Cl3FO2/c15-8-4-5-10(16)9(6-8)12(19)7-20-13-3-1-2-11(17)14(13)18/h1-6H,7H2. The minimum Gasteiger partial charge on any atom is -0.482 e. The molecule has 0 aliphatic carbocycles. The summed E-state index contributed by atoms with van der Waals surface area (Å²) in [7, 11) is 0. The van der Waals surface area contributed by atoms with Crippen LogP contribution in [0.3, 0.4) is 0 Å². The molecule has 0 saturated carbocycles. The quantitative estimate of drug-likeness (QED) is 0.732. The number of Topliss-reactive ketones (excluding diaryl/α,β-unsaturated/α-hetero) is 1. The van der Waals surface area contributed by atoms with E-state index in [-0.39, 0.29) is 28.0 Å². The van der Waals surface area contributed by atoms with Crippen LogP contribution in [0.5, 0.6) is 5.75 Å². The normalized spacial score (nSPS) is 10.4. The second kappa shape index (κ2) is 6.44. The molecule has 0 heterocycles. The van der Waals surface area contributed by atoms with Crippen molar-refractivity contribution in [3.05, 3.63) is 62.8 Å². The lowest BCUT2D eigenvalue weighted by Crippen LogP contribution is -2.12. The molecule has 0 N–H and O–H groups in total. The van der Waals surface area contributed by atoms with E-state index in [1.807, 2.05) is 0 Å². The minimum absolute atomic E-state index is 0.0734. The van der Waals surface area contributed by atoms with E-state index in [4.69, 9.17) is 39.5 Å². The van der Waals surface area contributed by atoms with Crippen LogP contribution in [0.15, 0.2) is 36.4 Å². The van der Waals surface area contributed by atoms with Crippen molar-refractivity contribution in [1.82, 2.24) is 0 Å². The summed E-state index contributed by atoms with van der Waals surface area (Å²) >= 11 is 17.3. The fraction of sp³-hybridized carbons (Fsp3) is 0.0714. The molecule has 20 heavy (non-hydrogen) atoms. The summed E-state index contributed by atoms with van der Waals surface area (Å²) in [6, 6.07) is 8.81. The highest BCUT2D eigenvalue weighted by Crippen LogP contribution is 2.25. The molecule has 2 nitrogen and oxygen atoms in total. The van der Waals surface area contributed by atoms with Gasteiger partial charge in [-0.25, -0.2) is 4.39 Å². The summed E-state index contributed by atoms with van der Waals surface area (Å²) in [5.41, 5.74) is 0.224. The topological polar surface area (TPSA) is 26.3 Å². The molecule has 0 fully saturated rings. The molecule has 2 rings (SSSR count). The first-order chi connectivity index (χ1) is 9.49. The molecule has 0 aromatic heterocycles. The highest BCUT2D eigenvalue weighted by Gasteiger charge is 2.14. The Kier molecular flexibility index (Phi) is 4.86. The van der Waals surface area contributed by atoms with Gasteiger partial charge >= 0.3 is 0 Å². The van der Waals surface area contributed by atoms with Gasteiger partial charge in [-0.1, -0.05) is 40.9 Å². The zero-order chi connectivity index (χ0) is 14.7. The van der Waals surface area contributed by atoms with Crippen LogP contribution in [0.1, 0.15) is 10.4 Å². The van der Waals surface area contributed by atoms with Gasteiger partial charge in [-0.15, -0.1) is 0 Å². The zero-order valence-electron chi connectivity index (χ0n) is 10.00. The molecule has 0 aliphatic heterocycles. The van der Waals surface area contributed by atoms with Crippen molar-refractivity contribution in [3.8, 4) is 5.75 Å². The predicted molar refractivity (Wildman–Crippen MR) is 77.7 cm³/mol. The molecule has 0 unspecified atom stereocenters. The first kappa shape index (κ1) is 15.1. The Balaban J connectivity index is 2.13. The maximum atomic E-state index is 13.6. The third-order valence-corrected chi connectivity index (χ3v) is 3.36. The number of hydrogen-bond donors (Lipinski definition) is 0. The van der Waals surface area contributed by atoms with Crippen LogP contribution >= 0.6 is 34.8 Å². The van der Waals surface area contributed by atoms with Gasteiger partial charge < -0.3 is 4.74 Å². The van der Waals surface area contributed by atoms with Crippen LogP contribution in [-0.2, 0) is 0 Å². The molecule has 0 spiro atoms. The molecule has 0 saturated heterocycles. The van der Waals surface area contributed by atoms with E-state index in [1.165, 1.54) is 30.3 Å². The summed E-state index contributed by atoms with van der Waals surface area (Å²) in [5.74, 6) is -1.21. The van der Waals surface area contributed by atoms with Gasteiger partial charge in [-0.05, 0) is 30.3 Å². The molecule has 0 radical (unpaired) electrons. The van der Waals surface area contributed by atoms with Gasteiger partial charge in [0, 0.05) is 10.6 Å². The molecule has 0 aliphatic rings. The first-order valence-corrected chi connectivity index (χ1v) is 6.67. The SMILES string of the molecule is O=C(COc1cccc(Cl)c1F)c1cc(Cl)ccc1Cl. The lowest BCUT2D eigenvalue weighted by molar-refractivity contribution is 0.0919. The molecule has 0 amide bonds. The minimum atomic E-state index is -0.709. The highest BCUT2D eigenvalue weighted by molar-refractivity contribution is 6.36. The lowest BCUT2D eigenvalue weighted by atomic mass is 10.1. The number of ketones is 1. The van der Waals surface area contributed by atoms with E-state index in [9.17, 15) is 9.18 Å². The summed E-state index contributed by atoms with van der Waals surface area (Å²) < 4.78 is 18.7. The highest BCUT2D eigenvalue weighted by atomic mass is 35.5. The van der Waals surface area contributed by atoms with Crippen LogP contribution in [0.25, 0.3) is 0 Å². The lowest BCUT2D eigenvalue weighted by Gasteiger charge is -2.08. The Hall–Kier alpha value is -1.29. The summed E-state index contributed by atoms with van der Waals surface area (Å²) in [4.78, 5) is 12.0. The van der Waals surface area contributed by atoms with E-state index in [0.717, 1.165) is 0 Å². The number of halogens is 4. The fourth-order valence-corrected chi connectivity index (χ4v) is 2.09. The fourth-order valence-electron chi connectivity index (χ4n) is 1.53. The molecule has 0 atom stereocenters. The third-order valence-electron chi connectivity index (χ3n) is 2.50. The number of carbonyl (C=O) groups excluding carboxylic acids is 1. The van der Waals surface area contributed by atoms with Crippen molar-refractivity contribution in [1.29, 1.82) is 0 Å². The van der Waals surface area contributed by atoms with Gasteiger partial charge in [-0.3, -0.25) is 4.79 Å². The van der Waals surface area contributed by atoms with Gasteiger partial charge in [-0.2, -0.15) is 0 Å². The van der Waals surface area contributed by atoms with Gasteiger partial charge in [0.2, 0.25) is 5.78 Å². The zero-order valence-corrected chi connectivity index (χ0v) is 12.3. The monoisotopic (exact) mass is 332 g/mol. The molecule has 2 aromatic carbocycles. The van der Waals surface area contributed by atoms with Crippen LogP contribution < -0.4 is 4.74 Å². The predicted octanol–water partition coefficient (Wildman–Crippen LogP) is 5.05. The smallest absolute Gasteiger partial charge is 0.201 e. The van der Waals surface area contributed by atoms with Gasteiger partial charge in [0.15, 0.2) is 18.2 Å². The van der Waals surface area contributed by atoms with Crippen LogP contribution in [0.4, 0.5) is 4.39 Å². The summed E-state index contributed by atoms with van der Waals surface area (Å²) in [6.07, 6.45) is 0. The maximum absolute atomic E-state index is 13.6. The first-order valence-electron chi connectivity index (χ1n) is 5.54. The number of carbonyl (C=O) groups is 1. The van der Waals surface area contributed by atoms with E-state index in [0.29, 0.717) is 5.02 Å². The van der Waals surface area contributed by atoms with Crippen molar-refractivity contribution < 1.29 is 13.9 Å². The van der Waals surface area contributed by atoms with E-state index in [2.05, 4.69) is 0 Å². The molecule has 104 valence electrons. The second-order valence-corrected chi connectivity index (χ2v) is 5.14. The van der Waals surface area contributed by atoms with E-state index >= 15 is 0 Å². The average Bonchev–Trinajstić information content (AvgIpc) is 2.43. The number of hydrogen-bond acceptors (Lipinski definition) is 2. The van der Waals surface area contributed by atoms with Gasteiger partial charge in [0.25, 0.3) is 0 Å². The third kappa shape index (κ3) is 3.42. The van der Waals surface area contributed by atoms with Crippen LogP contribution in [0, 0.1) is 5.82 Å².